The molecule has 1 saturated heterocycles. The summed E-state index contributed by atoms with van der Waals surface area (Å²) in [5, 5.41) is 18.5. The first-order valence-corrected chi connectivity index (χ1v) is 8.36. The lowest BCUT2D eigenvalue weighted by Gasteiger charge is -2.38. The molecule has 0 radical (unpaired) electrons. The highest BCUT2D eigenvalue weighted by molar-refractivity contribution is 5.42. The molecule has 116 valence electrons. The fraction of sp³-hybridized carbons (Fsp3) is 0.421. The third kappa shape index (κ3) is 2.68. The Kier molecular flexibility index (Phi) is 3.49. The van der Waals surface area contributed by atoms with Crippen LogP contribution in [0.3, 0.4) is 0 Å². The zero-order valence-corrected chi connectivity index (χ0v) is 13.2. The molecule has 1 aromatic carbocycles. The van der Waals surface area contributed by atoms with Gasteiger partial charge in [0, 0.05) is 19.0 Å². The first kappa shape index (κ1) is 14.2. The van der Waals surface area contributed by atoms with E-state index in [1.807, 2.05) is 18.2 Å². The maximum Gasteiger partial charge on any atom is 0.151 e. The summed E-state index contributed by atoms with van der Waals surface area (Å²) in [6.45, 7) is 1.69. The SMILES string of the molecule is N#CC1(c2ccccc2)CCN(c2ccc(C3CC3)nn2)CC1. The predicted molar refractivity (Wildman–Crippen MR) is 89.2 cm³/mol. The van der Waals surface area contributed by atoms with E-state index in [4.69, 9.17) is 0 Å². The van der Waals surface area contributed by atoms with Crippen LogP contribution in [-0.2, 0) is 5.41 Å². The molecule has 1 aliphatic carbocycles. The minimum atomic E-state index is -0.362. The molecule has 2 fully saturated rings. The molecular weight excluding hydrogens is 284 g/mol. The van der Waals surface area contributed by atoms with Crippen molar-refractivity contribution in [2.45, 2.75) is 37.0 Å². The van der Waals surface area contributed by atoms with E-state index in [0.29, 0.717) is 5.92 Å². The van der Waals surface area contributed by atoms with Crippen LogP contribution in [0.2, 0.25) is 0 Å². The van der Waals surface area contributed by atoms with Crippen molar-refractivity contribution < 1.29 is 0 Å². The third-order valence-corrected chi connectivity index (χ3v) is 5.15. The molecule has 2 aromatic rings. The van der Waals surface area contributed by atoms with Crippen LogP contribution < -0.4 is 4.90 Å². The summed E-state index contributed by atoms with van der Waals surface area (Å²) < 4.78 is 0. The topological polar surface area (TPSA) is 52.8 Å². The summed E-state index contributed by atoms with van der Waals surface area (Å²) in [5.74, 6) is 1.58. The number of piperidine rings is 1. The quantitative estimate of drug-likeness (QED) is 0.872. The molecule has 1 saturated carbocycles. The van der Waals surface area contributed by atoms with Crippen LogP contribution in [0.25, 0.3) is 0 Å². The average Bonchev–Trinajstić information content (AvgIpc) is 3.48. The summed E-state index contributed by atoms with van der Waals surface area (Å²) >= 11 is 0. The first-order chi connectivity index (χ1) is 11.3. The Bertz CT molecular complexity index is 705. The Hall–Kier alpha value is -2.41. The van der Waals surface area contributed by atoms with E-state index < -0.39 is 0 Å². The second kappa shape index (κ2) is 5.66. The summed E-state index contributed by atoms with van der Waals surface area (Å²) in [6, 6.07) is 17.0. The molecule has 1 aromatic heterocycles. The molecule has 0 bridgehead atoms. The van der Waals surface area contributed by atoms with Gasteiger partial charge in [-0.3, -0.25) is 0 Å². The highest BCUT2D eigenvalue weighted by Gasteiger charge is 2.36. The average molecular weight is 304 g/mol. The van der Waals surface area contributed by atoms with Crippen LogP contribution in [0, 0.1) is 11.3 Å². The molecule has 0 N–H and O–H groups in total. The fourth-order valence-corrected chi connectivity index (χ4v) is 3.44. The van der Waals surface area contributed by atoms with E-state index in [2.05, 4.69) is 45.4 Å². The Morgan fingerprint density at radius 3 is 2.30 bits per heavy atom. The van der Waals surface area contributed by atoms with E-state index in [1.54, 1.807) is 0 Å². The molecule has 0 unspecified atom stereocenters. The summed E-state index contributed by atoms with van der Waals surface area (Å²) in [5.41, 5.74) is 1.90. The highest BCUT2D eigenvalue weighted by Crippen LogP contribution is 2.39. The number of nitrogens with zero attached hydrogens (tertiary/aromatic N) is 4. The summed E-state index contributed by atoms with van der Waals surface area (Å²) in [7, 11) is 0. The van der Waals surface area contributed by atoms with Gasteiger partial charge < -0.3 is 4.90 Å². The van der Waals surface area contributed by atoms with Crippen LogP contribution >= 0.6 is 0 Å². The van der Waals surface area contributed by atoms with Gasteiger partial charge in [0.15, 0.2) is 5.82 Å². The smallest absolute Gasteiger partial charge is 0.151 e. The van der Waals surface area contributed by atoms with E-state index >= 15 is 0 Å². The van der Waals surface area contributed by atoms with Crippen molar-refractivity contribution in [3.05, 3.63) is 53.7 Å². The van der Waals surface area contributed by atoms with Crippen molar-refractivity contribution in [2.24, 2.45) is 0 Å². The van der Waals surface area contributed by atoms with Crippen molar-refractivity contribution in [1.82, 2.24) is 10.2 Å². The number of hydrogen-bond acceptors (Lipinski definition) is 4. The molecule has 2 aliphatic rings. The van der Waals surface area contributed by atoms with E-state index in [9.17, 15) is 5.26 Å². The molecule has 0 spiro atoms. The minimum absolute atomic E-state index is 0.362. The summed E-state index contributed by atoms with van der Waals surface area (Å²) in [6.07, 6.45) is 4.16. The van der Waals surface area contributed by atoms with Gasteiger partial charge in [-0.05, 0) is 43.4 Å². The third-order valence-electron chi connectivity index (χ3n) is 5.15. The first-order valence-electron chi connectivity index (χ1n) is 8.36. The number of anilines is 1. The van der Waals surface area contributed by atoms with Crippen LogP contribution in [0.5, 0.6) is 0 Å². The Balaban J connectivity index is 1.48. The van der Waals surface area contributed by atoms with Crippen molar-refractivity contribution in [2.75, 3.05) is 18.0 Å². The normalized spacial score (nSPS) is 20.0. The van der Waals surface area contributed by atoms with Gasteiger partial charge in [0.25, 0.3) is 0 Å². The predicted octanol–water partition coefficient (Wildman–Crippen LogP) is 3.42. The van der Waals surface area contributed by atoms with Crippen LogP contribution in [0.1, 0.15) is 42.9 Å². The lowest BCUT2D eigenvalue weighted by molar-refractivity contribution is 0.413. The number of aromatic nitrogens is 2. The fourth-order valence-electron chi connectivity index (χ4n) is 3.44. The highest BCUT2D eigenvalue weighted by atomic mass is 15.3. The molecule has 2 heterocycles. The minimum Gasteiger partial charge on any atom is -0.355 e. The van der Waals surface area contributed by atoms with E-state index in [0.717, 1.165) is 43.0 Å². The Labute approximate surface area is 136 Å². The van der Waals surface area contributed by atoms with Gasteiger partial charge in [-0.1, -0.05) is 30.3 Å². The van der Waals surface area contributed by atoms with Crippen LogP contribution in [-0.4, -0.2) is 23.3 Å². The van der Waals surface area contributed by atoms with Crippen molar-refractivity contribution in [3.8, 4) is 6.07 Å². The van der Waals surface area contributed by atoms with Crippen molar-refractivity contribution >= 4 is 5.82 Å². The van der Waals surface area contributed by atoms with Crippen molar-refractivity contribution in [3.63, 3.8) is 0 Å². The lowest BCUT2D eigenvalue weighted by atomic mass is 9.74. The van der Waals surface area contributed by atoms with E-state index in [1.165, 1.54) is 12.8 Å². The van der Waals surface area contributed by atoms with Crippen LogP contribution in [0.15, 0.2) is 42.5 Å². The molecule has 1 aliphatic heterocycles. The Morgan fingerprint density at radius 1 is 1.00 bits per heavy atom. The van der Waals surface area contributed by atoms with Gasteiger partial charge in [-0.2, -0.15) is 10.4 Å². The summed E-state index contributed by atoms with van der Waals surface area (Å²) in [4.78, 5) is 2.25. The molecule has 4 rings (SSSR count). The molecule has 23 heavy (non-hydrogen) atoms. The number of nitriles is 1. The van der Waals surface area contributed by atoms with Crippen LogP contribution in [0.4, 0.5) is 5.82 Å². The second-order valence-corrected chi connectivity index (χ2v) is 6.64. The molecule has 0 amide bonds. The van der Waals surface area contributed by atoms with Gasteiger partial charge in [0.2, 0.25) is 0 Å². The monoisotopic (exact) mass is 304 g/mol. The van der Waals surface area contributed by atoms with Crippen molar-refractivity contribution in [1.29, 1.82) is 5.26 Å². The number of benzene rings is 1. The van der Waals surface area contributed by atoms with Gasteiger partial charge >= 0.3 is 0 Å². The van der Waals surface area contributed by atoms with Gasteiger partial charge in [-0.25, -0.2) is 0 Å². The zero-order chi connectivity index (χ0) is 15.7. The second-order valence-electron chi connectivity index (χ2n) is 6.64. The standard InChI is InChI=1S/C19H20N4/c20-14-19(16-4-2-1-3-5-16)10-12-23(13-11-19)18-9-8-17(21-22-18)15-6-7-15/h1-5,8-9,15H,6-7,10-13H2. The largest absolute Gasteiger partial charge is 0.355 e. The molecule has 0 atom stereocenters. The number of rotatable bonds is 3. The Morgan fingerprint density at radius 2 is 1.74 bits per heavy atom. The maximum absolute atomic E-state index is 9.76. The molecule has 4 nitrogen and oxygen atoms in total. The number of hydrogen-bond donors (Lipinski definition) is 0. The molecular formula is C19H20N4. The zero-order valence-electron chi connectivity index (χ0n) is 13.2. The van der Waals surface area contributed by atoms with Gasteiger partial charge in [0.05, 0.1) is 17.2 Å². The lowest BCUT2D eigenvalue weighted by Crippen LogP contribution is -2.42. The van der Waals surface area contributed by atoms with Gasteiger partial charge in [0.1, 0.15) is 0 Å². The van der Waals surface area contributed by atoms with E-state index in [-0.39, 0.29) is 5.41 Å². The van der Waals surface area contributed by atoms with Gasteiger partial charge in [-0.15, -0.1) is 5.10 Å². The maximum atomic E-state index is 9.76. The molecule has 4 heteroatoms.